The van der Waals surface area contributed by atoms with Crippen LogP contribution < -0.4 is 5.32 Å². The molecule has 0 bridgehead atoms. The molecular formula is C16H22N4O. The molecule has 0 saturated carbocycles. The Labute approximate surface area is 124 Å². The van der Waals surface area contributed by atoms with Crippen LogP contribution in [-0.2, 0) is 11.2 Å². The molecule has 2 aromatic rings. The second-order valence-corrected chi connectivity index (χ2v) is 5.54. The largest absolute Gasteiger partial charge is 0.354 e. The van der Waals surface area contributed by atoms with E-state index in [1.165, 1.54) is 5.56 Å². The molecule has 0 spiro atoms. The summed E-state index contributed by atoms with van der Waals surface area (Å²) in [6.07, 6.45) is 6.70. The van der Waals surface area contributed by atoms with Gasteiger partial charge in [-0.25, -0.2) is 4.98 Å². The minimum absolute atomic E-state index is 0.0691. The quantitative estimate of drug-likeness (QED) is 0.879. The molecule has 5 heteroatoms. The number of fused-ring (bicyclic) bond motifs is 1. The van der Waals surface area contributed by atoms with E-state index in [4.69, 9.17) is 0 Å². The lowest BCUT2D eigenvalue weighted by Crippen LogP contribution is -2.43. The molecule has 2 aromatic heterocycles. The molecule has 21 heavy (non-hydrogen) atoms. The van der Waals surface area contributed by atoms with Gasteiger partial charge in [0.05, 0.1) is 6.04 Å². The molecule has 1 fully saturated rings. The molecule has 1 atom stereocenters. The van der Waals surface area contributed by atoms with Gasteiger partial charge in [-0.05, 0) is 50.0 Å². The molecule has 2 N–H and O–H groups in total. The van der Waals surface area contributed by atoms with E-state index >= 15 is 0 Å². The van der Waals surface area contributed by atoms with E-state index in [9.17, 15) is 4.79 Å². The lowest BCUT2D eigenvalue weighted by Gasteiger charge is -2.21. The highest BCUT2D eigenvalue weighted by molar-refractivity contribution is 5.82. The van der Waals surface area contributed by atoms with Gasteiger partial charge in [-0.1, -0.05) is 6.92 Å². The molecule has 1 unspecified atom stereocenters. The van der Waals surface area contributed by atoms with Crippen molar-refractivity contribution in [1.82, 2.24) is 20.2 Å². The van der Waals surface area contributed by atoms with Gasteiger partial charge in [0.15, 0.2) is 0 Å². The number of H-pyrrole nitrogens is 1. The number of nitrogens with one attached hydrogen (secondary N) is 2. The summed E-state index contributed by atoms with van der Waals surface area (Å²) in [5.74, 6) is 0.173. The number of nitrogens with zero attached hydrogens (tertiary/aromatic N) is 2. The van der Waals surface area contributed by atoms with Crippen molar-refractivity contribution in [3.05, 3.63) is 30.1 Å². The van der Waals surface area contributed by atoms with Gasteiger partial charge in [-0.15, -0.1) is 0 Å². The van der Waals surface area contributed by atoms with Gasteiger partial charge >= 0.3 is 0 Å². The van der Waals surface area contributed by atoms with E-state index in [1.54, 1.807) is 6.20 Å². The number of hydrogen-bond donors (Lipinski definition) is 2. The van der Waals surface area contributed by atoms with Gasteiger partial charge in [0, 0.05) is 24.3 Å². The number of carbonyl (C=O) groups is 1. The molecule has 1 amide bonds. The summed E-state index contributed by atoms with van der Waals surface area (Å²) in [6, 6.07) is 4.07. The Kier molecular flexibility index (Phi) is 4.20. The molecule has 0 radical (unpaired) electrons. The first-order valence-electron chi connectivity index (χ1n) is 7.72. The normalized spacial score (nSPS) is 19.2. The van der Waals surface area contributed by atoms with Crippen LogP contribution in [0.2, 0.25) is 0 Å². The monoisotopic (exact) mass is 286 g/mol. The van der Waals surface area contributed by atoms with Crippen LogP contribution in [-0.4, -0.2) is 46.5 Å². The standard InChI is InChI=1S/C16H22N4O/c1-2-20-10-4-6-14(20)16(21)18-9-7-12-11-19-15-13(12)5-3-8-17-15/h3,5,8,11,14H,2,4,6-7,9-10H2,1H3,(H,17,19)(H,18,21). The molecule has 1 aliphatic heterocycles. The first-order valence-corrected chi connectivity index (χ1v) is 7.72. The zero-order chi connectivity index (χ0) is 14.7. The maximum absolute atomic E-state index is 12.2. The van der Waals surface area contributed by atoms with Gasteiger partial charge in [0.2, 0.25) is 5.91 Å². The summed E-state index contributed by atoms with van der Waals surface area (Å²) < 4.78 is 0. The fraction of sp³-hybridized carbons (Fsp3) is 0.500. The van der Waals surface area contributed by atoms with Gasteiger partial charge in [0.1, 0.15) is 5.65 Å². The van der Waals surface area contributed by atoms with Crippen LogP contribution >= 0.6 is 0 Å². The second kappa shape index (κ2) is 6.26. The lowest BCUT2D eigenvalue weighted by molar-refractivity contribution is -0.125. The molecule has 3 rings (SSSR count). The molecule has 3 heterocycles. The van der Waals surface area contributed by atoms with E-state index < -0.39 is 0 Å². The average molecular weight is 286 g/mol. The van der Waals surface area contributed by atoms with Crippen molar-refractivity contribution in [3.63, 3.8) is 0 Å². The lowest BCUT2D eigenvalue weighted by atomic mass is 10.1. The first-order chi connectivity index (χ1) is 10.3. The molecule has 1 aliphatic rings. The van der Waals surface area contributed by atoms with Gasteiger partial charge < -0.3 is 10.3 Å². The molecule has 0 aromatic carbocycles. The zero-order valence-electron chi connectivity index (χ0n) is 12.4. The minimum Gasteiger partial charge on any atom is -0.354 e. The van der Waals surface area contributed by atoms with E-state index in [2.05, 4.69) is 33.2 Å². The van der Waals surface area contributed by atoms with Crippen LogP contribution in [0.25, 0.3) is 11.0 Å². The Morgan fingerprint density at radius 3 is 3.33 bits per heavy atom. The maximum atomic E-state index is 12.2. The second-order valence-electron chi connectivity index (χ2n) is 5.54. The Morgan fingerprint density at radius 1 is 1.57 bits per heavy atom. The SMILES string of the molecule is CCN1CCCC1C(=O)NCCc1c[nH]c2ncccc12. The third kappa shape index (κ3) is 2.93. The molecule has 1 saturated heterocycles. The Morgan fingerprint density at radius 2 is 2.48 bits per heavy atom. The van der Waals surface area contributed by atoms with Crippen LogP contribution in [0.15, 0.2) is 24.5 Å². The van der Waals surface area contributed by atoms with Gasteiger partial charge in [-0.3, -0.25) is 9.69 Å². The molecule has 0 aliphatic carbocycles. The van der Waals surface area contributed by atoms with Gasteiger partial charge in [-0.2, -0.15) is 0 Å². The number of aromatic nitrogens is 2. The van der Waals surface area contributed by atoms with E-state index in [0.717, 1.165) is 43.4 Å². The number of hydrogen-bond acceptors (Lipinski definition) is 3. The third-order valence-electron chi connectivity index (χ3n) is 4.30. The third-order valence-corrected chi connectivity index (χ3v) is 4.30. The minimum atomic E-state index is 0.0691. The highest BCUT2D eigenvalue weighted by Crippen LogP contribution is 2.17. The van der Waals surface area contributed by atoms with Crippen LogP contribution in [0, 0.1) is 0 Å². The predicted molar refractivity (Wildman–Crippen MR) is 83.1 cm³/mol. The molecular weight excluding hydrogens is 264 g/mol. The number of likely N-dealkylation sites (tertiary alicyclic amines) is 1. The molecule has 112 valence electrons. The Hall–Kier alpha value is -1.88. The van der Waals surface area contributed by atoms with Crippen molar-refractivity contribution >= 4 is 16.9 Å². The van der Waals surface area contributed by atoms with Crippen LogP contribution in [0.5, 0.6) is 0 Å². The topological polar surface area (TPSA) is 61.0 Å². The summed E-state index contributed by atoms with van der Waals surface area (Å²) in [4.78, 5) is 21.9. The Bertz CT molecular complexity index is 622. The van der Waals surface area contributed by atoms with Crippen molar-refractivity contribution in [2.24, 2.45) is 0 Å². The zero-order valence-corrected chi connectivity index (χ0v) is 12.4. The fourth-order valence-electron chi connectivity index (χ4n) is 3.16. The van der Waals surface area contributed by atoms with Crippen molar-refractivity contribution in [1.29, 1.82) is 0 Å². The smallest absolute Gasteiger partial charge is 0.237 e. The summed E-state index contributed by atoms with van der Waals surface area (Å²) in [5.41, 5.74) is 2.11. The fourth-order valence-corrected chi connectivity index (χ4v) is 3.16. The van der Waals surface area contributed by atoms with E-state index in [-0.39, 0.29) is 11.9 Å². The van der Waals surface area contributed by atoms with Crippen molar-refractivity contribution < 1.29 is 4.79 Å². The van der Waals surface area contributed by atoms with Crippen molar-refractivity contribution in [3.8, 4) is 0 Å². The molecule has 5 nitrogen and oxygen atoms in total. The first kappa shape index (κ1) is 14.1. The van der Waals surface area contributed by atoms with Crippen molar-refractivity contribution in [2.75, 3.05) is 19.6 Å². The Balaban J connectivity index is 1.55. The average Bonchev–Trinajstić information content (AvgIpc) is 3.14. The summed E-state index contributed by atoms with van der Waals surface area (Å²) >= 11 is 0. The number of amides is 1. The van der Waals surface area contributed by atoms with Crippen LogP contribution in [0.3, 0.4) is 0 Å². The number of pyridine rings is 1. The number of aromatic amines is 1. The highest BCUT2D eigenvalue weighted by atomic mass is 16.2. The van der Waals surface area contributed by atoms with E-state index in [0.29, 0.717) is 6.54 Å². The number of carbonyl (C=O) groups excluding carboxylic acids is 1. The van der Waals surface area contributed by atoms with Gasteiger partial charge in [0.25, 0.3) is 0 Å². The summed E-state index contributed by atoms with van der Waals surface area (Å²) in [5, 5.41) is 4.22. The van der Waals surface area contributed by atoms with E-state index in [1.807, 2.05) is 12.3 Å². The summed E-state index contributed by atoms with van der Waals surface area (Å²) in [7, 11) is 0. The van der Waals surface area contributed by atoms with Crippen LogP contribution in [0.4, 0.5) is 0 Å². The number of likely N-dealkylation sites (N-methyl/N-ethyl adjacent to an activating group) is 1. The predicted octanol–water partition coefficient (Wildman–Crippen LogP) is 1.71. The summed E-state index contributed by atoms with van der Waals surface area (Å²) in [6.45, 7) is 4.79. The van der Waals surface area contributed by atoms with Crippen LogP contribution in [0.1, 0.15) is 25.3 Å². The highest BCUT2D eigenvalue weighted by Gasteiger charge is 2.28. The number of rotatable bonds is 5. The maximum Gasteiger partial charge on any atom is 0.237 e. The van der Waals surface area contributed by atoms with Crippen molar-refractivity contribution in [2.45, 2.75) is 32.2 Å².